The summed E-state index contributed by atoms with van der Waals surface area (Å²) in [5, 5.41) is 3.71. The molecule has 13 heteroatoms. The molecule has 2 saturated heterocycles. The molecule has 244 valence electrons. The smallest absolute Gasteiger partial charge is 0.417 e. The van der Waals surface area contributed by atoms with Gasteiger partial charge in [0.2, 0.25) is 5.91 Å². The number of nitrogens with one attached hydrogen (secondary N) is 1. The lowest BCUT2D eigenvalue weighted by molar-refractivity contribution is -0.143. The van der Waals surface area contributed by atoms with E-state index < -0.39 is 23.2 Å². The van der Waals surface area contributed by atoms with Gasteiger partial charge >= 0.3 is 12.3 Å². The van der Waals surface area contributed by atoms with Crippen molar-refractivity contribution < 1.29 is 41.7 Å². The minimum atomic E-state index is -4.52. The van der Waals surface area contributed by atoms with Crippen molar-refractivity contribution in [3.8, 4) is 5.75 Å². The van der Waals surface area contributed by atoms with Crippen LogP contribution in [0.4, 0.5) is 18.0 Å². The second kappa shape index (κ2) is 12.8. The normalized spacial score (nSPS) is 28.0. The van der Waals surface area contributed by atoms with E-state index in [4.69, 9.17) is 18.9 Å². The van der Waals surface area contributed by atoms with Gasteiger partial charge in [-0.05, 0) is 54.5 Å². The van der Waals surface area contributed by atoms with Gasteiger partial charge < -0.3 is 34.1 Å². The molecule has 1 saturated carbocycles. The fourth-order valence-corrected chi connectivity index (χ4v) is 7.43. The molecule has 0 radical (unpaired) electrons. The molecule has 2 unspecified atom stereocenters. The Morgan fingerprint density at radius 1 is 1.18 bits per heavy atom. The maximum atomic E-state index is 14.5. The molecule has 1 aliphatic carbocycles. The van der Waals surface area contributed by atoms with E-state index in [1.165, 1.54) is 0 Å². The number of fused-ring (bicyclic) bond motifs is 2. The summed E-state index contributed by atoms with van der Waals surface area (Å²) in [4.78, 5) is 35.1. The van der Waals surface area contributed by atoms with Gasteiger partial charge in [0.1, 0.15) is 12.4 Å². The number of nitrogens with zero attached hydrogens (tertiary/aromatic N) is 3. The van der Waals surface area contributed by atoms with Gasteiger partial charge in [0, 0.05) is 70.3 Å². The van der Waals surface area contributed by atoms with E-state index >= 15 is 0 Å². The average molecular weight is 633 g/mol. The first-order valence-electron chi connectivity index (χ1n) is 15.3. The second-order valence-electron chi connectivity index (χ2n) is 12.5. The number of hydrogen-bond donors (Lipinski definition) is 1. The van der Waals surface area contributed by atoms with Crippen LogP contribution in [-0.2, 0) is 44.8 Å². The molecule has 6 rings (SSSR count). The van der Waals surface area contributed by atoms with E-state index in [0.29, 0.717) is 62.6 Å². The van der Waals surface area contributed by atoms with Gasteiger partial charge in [0.15, 0.2) is 0 Å². The molecule has 2 amide bonds. The molecular formula is C32H39F3N4O6. The summed E-state index contributed by atoms with van der Waals surface area (Å²) in [7, 11) is 3.24. The van der Waals surface area contributed by atoms with Crippen molar-refractivity contribution in [2.24, 2.45) is 11.3 Å². The molecule has 3 fully saturated rings. The van der Waals surface area contributed by atoms with Crippen LogP contribution in [0.15, 0.2) is 36.5 Å². The lowest BCUT2D eigenvalue weighted by atomic mass is 9.78. The number of aromatic nitrogens is 1. The van der Waals surface area contributed by atoms with Crippen molar-refractivity contribution >= 4 is 12.0 Å². The highest BCUT2D eigenvalue weighted by Crippen LogP contribution is 2.51. The van der Waals surface area contributed by atoms with Crippen LogP contribution in [0.25, 0.3) is 0 Å². The van der Waals surface area contributed by atoms with E-state index in [0.717, 1.165) is 24.2 Å². The molecule has 2 aromatic rings. The van der Waals surface area contributed by atoms with Crippen LogP contribution in [0.3, 0.4) is 0 Å². The Morgan fingerprint density at radius 2 is 1.98 bits per heavy atom. The number of benzene rings is 1. The average Bonchev–Trinajstić information content (AvgIpc) is 3.58. The predicted molar refractivity (Wildman–Crippen MR) is 155 cm³/mol. The third-order valence-electron chi connectivity index (χ3n) is 9.79. The first-order valence-corrected chi connectivity index (χ1v) is 15.3. The zero-order valence-corrected chi connectivity index (χ0v) is 25.5. The number of amides is 2. The minimum Gasteiger partial charge on any atom is -0.497 e. The van der Waals surface area contributed by atoms with Crippen LogP contribution in [-0.4, -0.2) is 92.0 Å². The number of ether oxygens (including phenoxy) is 4. The lowest BCUT2D eigenvalue weighted by Crippen LogP contribution is -2.52. The molecule has 4 aliphatic rings. The van der Waals surface area contributed by atoms with Crippen LogP contribution in [0.5, 0.6) is 5.75 Å². The van der Waals surface area contributed by atoms with Crippen molar-refractivity contribution in [2.45, 2.75) is 63.2 Å². The third-order valence-corrected chi connectivity index (χ3v) is 9.79. The highest BCUT2D eigenvalue weighted by molar-refractivity contribution is 5.86. The van der Waals surface area contributed by atoms with Crippen LogP contribution in [0, 0.1) is 11.3 Å². The van der Waals surface area contributed by atoms with E-state index in [-0.39, 0.29) is 49.7 Å². The summed E-state index contributed by atoms with van der Waals surface area (Å²) in [6.07, 6.45) is -1.95. The van der Waals surface area contributed by atoms with Crippen LogP contribution in [0.1, 0.15) is 41.6 Å². The monoisotopic (exact) mass is 632 g/mol. The second-order valence-corrected chi connectivity index (χ2v) is 12.5. The highest BCUT2D eigenvalue weighted by atomic mass is 19.4. The Balaban J connectivity index is 1.20. The summed E-state index contributed by atoms with van der Waals surface area (Å²) in [5.41, 5.74) is 0.0716. The SMILES string of the molecule is COc1ccc(COC(=O)N2C[C@@H]3C[C@@H](NC4CCOCC4OC)C[C@]3(C(=O)N3CCc4ncc(C(F)(F)F)cc4C3)C2)cc1. The number of likely N-dealkylation sites (tertiary alicyclic amines) is 1. The van der Waals surface area contributed by atoms with Gasteiger partial charge in [0.05, 0.1) is 30.8 Å². The zero-order valence-electron chi connectivity index (χ0n) is 25.5. The predicted octanol–water partition coefficient (Wildman–Crippen LogP) is 3.80. The molecule has 3 aliphatic heterocycles. The summed E-state index contributed by atoms with van der Waals surface area (Å²) >= 11 is 0. The third kappa shape index (κ3) is 6.48. The summed E-state index contributed by atoms with van der Waals surface area (Å²) in [6.45, 7) is 2.12. The van der Waals surface area contributed by atoms with E-state index in [9.17, 15) is 22.8 Å². The van der Waals surface area contributed by atoms with Crippen molar-refractivity contribution in [2.75, 3.05) is 47.1 Å². The van der Waals surface area contributed by atoms with Crippen LogP contribution < -0.4 is 10.1 Å². The molecule has 0 bridgehead atoms. The summed E-state index contributed by atoms with van der Waals surface area (Å²) in [5.74, 6) is 0.419. The van der Waals surface area contributed by atoms with Gasteiger partial charge in [-0.15, -0.1) is 0 Å². The molecule has 1 aromatic carbocycles. The number of carbonyl (C=O) groups is 2. The quantitative estimate of drug-likeness (QED) is 0.492. The Hall–Kier alpha value is -3.42. The van der Waals surface area contributed by atoms with Crippen LogP contribution in [0.2, 0.25) is 0 Å². The van der Waals surface area contributed by atoms with Crippen LogP contribution >= 0.6 is 0 Å². The standard InChI is InChI=1S/C32H39F3N4O6/c1-42-25-5-3-20(4-6-25)17-45-30(41)39-16-23-12-24(37-27-8-10-44-18-28(27)43-2)13-31(23,19-39)29(40)38-9-7-26-21(15-38)11-22(14-36-26)32(33,34)35/h3-6,11,14,23-24,27-28,37H,7-10,12-13,15-19H2,1-2H3/t23-,24+,27?,28?,31-/m0/s1. The van der Waals surface area contributed by atoms with Crippen molar-refractivity contribution in [1.82, 2.24) is 20.1 Å². The summed E-state index contributed by atoms with van der Waals surface area (Å²) < 4.78 is 62.4. The molecule has 45 heavy (non-hydrogen) atoms. The number of methoxy groups -OCH3 is 2. The largest absolute Gasteiger partial charge is 0.497 e. The first kappa shape index (κ1) is 31.6. The molecule has 4 heterocycles. The Morgan fingerprint density at radius 3 is 2.71 bits per heavy atom. The van der Waals surface area contributed by atoms with Gasteiger partial charge in [-0.2, -0.15) is 13.2 Å². The number of alkyl halides is 3. The number of pyridine rings is 1. The number of halogens is 3. The first-order chi connectivity index (χ1) is 21.6. The number of hydrogen-bond acceptors (Lipinski definition) is 8. The van der Waals surface area contributed by atoms with Crippen molar-refractivity contribution in [3.63, 3.8) is 0 Å². The Kier molecular flexibility index (Phi) is 8.95. The van der Waals surface area contributed by atoms with Gasteiger partial charge in [-0.1, -0.05) is 12.1 Å². The van der Waals surface area contributed by atoms with E-state index in [1.807, 2.05) is 12.1 Å². The molecule has 1 N–H and O–H groups in total. The molecule has 0 spiro atoms. The zero-order chi connectivity index (χ0) is 31.8. The fraction of sp³-hybridized carbons (Fsp3) is 0.594. The summed E-state index contributed by atoms with van der Waals surface area (Å²) in [6, 6.07) is 8.41. The van der Waals surface area contributed by atoms with Crippen molar-refractivity contribution in [3.05, 3.63) is 58.9 Å². The van der Waals surface area contributed by atoms with Crippen molar-refractivity contribution in [1.29, 1.82) is 0 Å². The molecular weight excluding hydrogens is 593 g/mol. The molecule has 5 atom stereocenters. The van der Waals surface area contributed by atoms with Gasteiger partial charge in [0.25, 0.3) is 0 Å². The number of rotatable bonds is 7. The van der Waals surface area contributed by atoms with Gasteiger partial charge in [-0.3, -0.25) is 9.78 Å². The fourth-order valence-electron chi connectivity index (χ4n) is 7.43. The van der Waals surface area contributed by atoms with E-state index in [2.05, 4.69) is 10.3 Å². The lowest BCUT2D eigenvalue weighted by Gasteiger charge is -2.37. The Labute approximate surface area is 260 Å². The minimum absolute atomic E-state index is 0.00717. The molecule has 1 aromatic heterocycles. The topological polar surface area (TPSA) is 102 Å². The maximum absolute atomic E-state index is 14.5. The Bertz CT molecular complexity index is 1390. The van der Waals surface area contributed by atoms with Gasteiger partial charge in [-0.25, -0.2) is 4.79 Å². The number of carbonyl (C=O) groups excluding carboxylic acids is 2. The highest BCUT2D eigenvalue weighted by Gasteiger charge is 2.60. The molecule has 10 nitrogen and oxygen atoms in total. The van der Waals surface area contributed by atoms with E-state index in [1.54, 1.807) is 36.2 Å². The maximum Gasteiger partial charge on any atom is 0.417 e.